The fraction of sp³-hybridized carbons (Fsp3) is 0.636. The summed E-state index contributed by atoms with van der Waals surface area (Å²) >= 11 is 0. The van der Waals surface area contributed by atoms with Crippen LogP contribution in [0.15, 0.2) is 30.3 Å². The first kappa shape index (κ1) is 17.2. The van der Waals surface area contributed by atoms with Crippen molar-refractivity contribution in [2.45, 2.75) is 69.2 Å². The van der Waals surface area contributed by atoms with Gasteiger partial charge in [0.05, 0.1) is 25.1 Å². The number of rotatable bonds is 3. The second-order valence-electron chi connectivity index (χ2n) is 8.61. The van der Waals surface area contributed by atoms with Crippen LogP contribution in [0.2, 0.25) is 0 Å². The van der Waals surface area contributed by atoms with Gasteiger partial charge in [0, 0.05) is 19.4 Å². The molecular weight excluding hydrogens is 340 g/mol. The van der Waals surface area contributed by atoms with E-state index in [1.807, 2.05) is 28.0 Å². The van der Waals surface area contributed by atoms with Crippen molar-refractivity contribution in [2.75, 3.05) is 13.2 Å². The number of amides is 2. The number of carbonyl (C=O) groups is 2. The van der Waals surface area contributed by atoms with Gasteiger partial charge in [-0.05, 0) is 24.3 Å². The Balaban J connectivity index is 1.35. The van der Waals surface area contributed by atoms with Gasteiger partial charge in [-0.25, -0.2) is 0 Å². The van der Waals surface area contributed by atoms with Crippen LogP contribution in [-0.4, -0.2) is 46.5 Å². The Hall–Kier alpha value is -1.88. The maximum absolute atomic E-state index is 13.0. The summed E-state index contributed by atoms with van der Waals surface area (Å²) in [6, 6.07) is 9.99. The molecule has 1 aromatic rings. The van der Waals surface area contributed by atoms with Gasteiger partial charge in [-0.3, -0.25) is 9.59 Å². The van der Waals surface area contributed by atoms with E-state index in [0.717, 1.165) is 12.0 Å². The van der Waals surface area contributed by atoms with Crippen LogP contribution in [0.1, 0.15) is 63.0 Å². The molecule has 1 saturated carbocycles. The molecule has 5 nitrogen and oxygen atoms in total. The Kier molecular flexibility index (Phi) is 4.23. The number of carbonyl (C=O) groups excluding carboxylic acids is 2. The zero-order valence-electron chi connectivity index (χ0n) is 15.8. The molecule has 0 bridgehead atoms. The summed E-state index contributed by atoms with van der Waals surface area (Å²) in [6.45, 7) is 1.23. The average Bonchev–Trinajstić information content (AvgIpc) is 3.32. The Bertz CT molecular complexity index is 730. The summed E-state index contributed by atoms with van der Waals surface area (Å²) in [7, 11) is 0. The van der Waals surface area contributed by atoms with Crippen LogP contribution in [0.5, 0.6) is 0 Å². The summed E-state index contributed by atoms with van der Waals surface area (Å²) < 4.78 is 6.31. The van der Waals surface area contributed by atoms with Gasteiger partial charge in [0.2, 0.25) is 11.8 Å². The highest BCUT2D eigenvalue weighted by Gasteiger charge is 2.65. The Morgan fingerprint density at radius 3 is 2.70 bits per heavy atom. The third-order valence-corrected chi connectivity index (χ3v) is 7.15. The van der Waals surface area contributed by atoms with E-state index in [-0.39, 0.29) is 23.9 Å². The Labute approximate surface area is 160 Å². The summed E-state index contributed by atoms with van der Waals surface area (Å²) in [5, 5.41) is 0. The van der Waals surface area contributed by atoms with E-state index in [2.05, 4.69) is 12.1 Å². The predicted octanol–water partition coefficient (Wildman–Crippen LogP) is 3.26. The van der Waals surface area contributed by atoms with Crippen molar-refractivity contribution in [3.05, 3.63) is 35.9 Å². The smallest absolute Gasteiger partial charge is 0.227 e. The van der Waals surface area contributed by atoms with E-state index in [1.165, 1.54) is 32.1 Å². The molecule has 0 aromatic heterocycles. The van der Waals surface area contributed by atoms with Crippen molar-refractivity contribution < 1.29 is 14.3 Å². The minimum Gasteiger partial charge on any atom is -0.351 e. The zero-order chi connectivity index (χ0) is 18.4. The lowest BCUT2D eigenvalue weighted by atomic mass is 9.86. The van der Waals surface area contributed by atoms with Crippen LogP contribution in [0.25, 0.3) is 0 Å². The third kappa shape index (κ3) is 2.70. The molecule has 27 heavy (non-hydrogen) atoms. The number of benzene rings is 1. The number of likely N-dealkylation sites (tertiary alicyclic amines) is 1. The number of hydrogen-bond acceptors (Lipinski definition) is 3. The average molecular weight is 368 g/mol. The molecule has 3 aliphatic heterocycles. The minimum absolute atomic E-state index is 0.0305. The van der Waals surface area contributed by atoms with Gasteiger partial charge in [0.15, 0.2) is 5.72 Å². The van der Waals surface area contributed by atoms with Crippen molar-refractivity contribution in [1.82, 2.24) is 9.80 Å². The highest BCUT2D eigenvalue weighted by Crippen LogP contribution is 2.51. The second-order valence-corrected chi connectivity index (χ2v) is 8.61. The van der Waals surface area contributed by atoms with Gasteiger partial charge in [0.25, 0.3) is 0 Å². The summed E-state index contributed by atoms with van der Waals surface area (Å²) in [5.74, 6) is 0.879. The van der Waals surface area contributed by atoms with E-state index in [0.29, 0.717) is 31.9 Å². The first-order valence-corrected chi connectivity index (χ1v) is 10.5. The molecule has 0 radical (unpaired) electrons. The molecule has 3 heterocycles. The van der Waals surface area contributed by atoms with Crippen LogP contribution in [0, 0.1) is 5.92 Å². The second kappa shape index (κ2) is 6.62. The van der Waals surface area contributed by atoms with Crippen molar-refractivity contribution in [3.8, 4) is 0 Å². The first-order chi connectivity index (χ1) is 13.2. The van der Waals surface area contributed by atoms with Crippen LogP contribution >= 0.6 is 0 Å². The molecule has 4 aliphatic rings. The molecule has 1 aromatic carbocycles. The van der Waals surface area contributed by atoms with Crippen molar-refractivity contribution in [1.29, 1.82) is 0 Å². The standard InChI is InChI=1S/C22H28N2O3/c25-20(13-16-7-3-1-4-8-16)23-12-11-22-19(23)14-21(26)24(22)18(15-27-22)17-9-5-2-6-10-17/h2,5-6,9-10,16,18-19H,1,3-4,7-8,11-15H2/t18-,19+,22-/m0/s1. The maximum Gasteiger partial charge on any atom is 0.227 e. The zero-order valence-corrected chi connectivity index (χ0v) is 15.8. The highest BCUT2D eigenvalue weighted by atomic mass is 16.5. The maximum atomic E-state index is 13.0. The van der Waals surface area contributed by atoms with Gasteiger partial charge in [-0.15, -0.1) is 0 Å². The molecule has 1 aliphatic carbocycles. The monoisotopic (exact) mass is 368 g/mol. The highest BCUT2D eigenvalue weighted by molar-refractivity contribution is 5.85. The van der Waals surface area contributed by atoms with Gasteiger partial charge < -0.3 is 14.5 Å². The predicted molar refractivity (Wildman–Crippen MR) is 101 cm³/mol. The SMILES string of the molecule is O=C(CC1CCCCC1)N1CC[C@@]23OC[C@@H](c4ccccc4)N2C(=O)C[C@@H]13. The lowest BCUT2D eigenvalue weighted by Crippen LogP contribution is -2.49. The minimum atomic E-state index is -0.597. The van der Waals surface area contributed by atoms with Gasteiger partial charge >= 0.3 is 0 Å². The fourth-order valence-electron chi connectivity index (χ4n) is 5.82. The molecule has 5 heteroatoms. The van der Waals surface area contributed by atoms with Crippen LogP contribution < -0.4 is 0 Å². The molecule has 3 atom stereocenters. The number of hydrogen-bond donors (Lipinski definition) is 0. The van der Waals surface area contributed by atoms with Crippen molar-refractivity contribution in [2.24, 2.45) is 5.92 Å². The van der Waals surface area contributed by atoms with Crippen LogP contribution in [0.3, 0.4) is 0 Å². The summed E-state index contributed by atoms with van der Waals surface area (Å²) in [6.07, 6.45) is 7.93. The Morgan fingerprint density at radius 2 is 1.93 bits per heavy atom. The van der Waals surface area contributed by atoms with Crippen molar-refractivity contribution in [3.63, 3.8) is 0 Å². The summed E-state index contributed by atoms with van der Waals surface area (Å²) in [4.78, 5) is 29.9. The lowest BCUT2D eigenvalue weighted by Gasteiger charge is -2.34. The fourth-order valence-corrected chi connectivity index (χ4v) is 5.82. The lowest BCUT2D eigenvalue weighted by molar-refractivity contribution is -0.141. The number of nitrogens with zero attached hydrogens (tertiary/aromatic N) is 2. The summed E-state index contributed by atoms with van der Waals surface area (Å²) in [5.41, 5.74) is 0.523. The molecule has 3 saturated heterocycles. The molecule has 144 valence electrons. The van der Waals surface area contributed by atoms with Gasteiger partial charge in [-0.1, -0.05) is 49.6 Å². The van der Waals surface area contributed by atoms with E-state index >= 15 is 0 Å². The van der Waals surface area contributed by atoms with Crippen LogP contribution in [-0.2, 0) is 14.3 Å². The molecule has 0 unspecified atom stereocenters. The van der Waals surface area contributed by atoms with E-state index in [9.17, 15) is 9.59 Å². The van der Waals surface area contributed by atoms with E-state index in [1.54, 1.807) is 0 Å². The first-order valence-electron chi connectivity index (χ1n) is 10.5. The van der Waals surface area contributed by atoms with Crippen LogP contribution in [0.4, 0.5) is 0 Å². The van der Waals surface area contributed by atoms with Crippen molar-refractivity contribution >= 4 is 11.8 Å². The molecule has 1 spiro atoms. The Morgan fingerprint density at radius 1 is 1.15 bits per heavy atom. The normalized spacial score (nSPS) is 33.4. The third-order valence-electron chi connectivity index (χ3n) is 7.15. The molecule has 4 fully saturated rings. The van der Waals surface area contributed by atoms with E-state index in [4.69, 9.17) is 4.74 Å². The quantitative estimate of drug-likeness (QED) is 0.823. The van der Waals surface area contributed by atoms with E-state index < -0.39 is 5.72 Å². The molecule has 0 N–H and O–H groups in total. The molecule has 2 amide bonds. The number of ether oxygens (including phenoxy) is 1. The van der Waals surface area contributed by atoms with Gasteiger partial charge in [0.1, 0.15) is 0 Å². The molecular formula is C22H28N2O3. The molecule has 5 rings (SSSR count). The largest absolute Gasteiger partial charge is 0.351 e. The topological polar surface area (TPSA) is 49.9 Å². The van der Waals surface area contributed by atoms with Gasteiger partial charge in [-0.2, -0.15) is 0 Å².